The smallest absolute Gasteiger partial charge is 0.258 e. The number of carbonyl (C=O) groups is 1. The molecule has 1 amide bonds. The van der Waals surface area contributed by atoms with E-state index in [1.807, 2.05) is 52.0 Å². The van der Waals surface area contributed by atoms with Gasteiger partial charge in [-0.25, -0.2) is 8.78 Å². The highest BCUT2D eigenvalue weighted by Gasteiger charge is 2.12. The average molecular weight is 391 g/mol. The van der Waals surface area contributed by atoms with E-state index in [1.54, 1.807) is 6.07 Å². The summed E-state index contributed by atoms with van der Waals surface area (Å²) < 4.78 is 29.7. The van der Waals surface area contributed by atoms with Gasteiger partial charge in [0.15, 0.2) is 6.61 Å². The molecular weight excluding hydrogens is 364 g/mol. The molecule has 2 rings (SSSR count). The molecule has 0 saturated heterocycles. The van der Waals surface area contributed by atoms with Crippen LogP contribution in [0.15, 0.2) is 30.3 Å². The number of nitrogens with one attached hydrogen (secondary N) is 1. The summed E-state index contributed by atoms with van der Waals surface area (Å²) in [4.78, 5) is 11.5. The van der Waals surface area contributed by atoms with Crippen molar-refractivity contribution >= 4 is 5.91 Å². The summed E-state index contributed by atoms with van der Waals surface area (Å²) in [5.41, 5.74) is 5.20. The van der Waals surface area contributed by atoms with Crippen molar-refractivity contribution in [1.82, 2.24) is 5.32 Å². The van der Waals surface area contributed by atoms with Gasteiger partial charge in [0, 0.05) is 0 Å². The van der Waals surface area contributed by atoms with Gasteiger partial charge in [-0.05, 0) is 72.2 Å². The second kappa shape index (κ2) is 9.53. The summed E-state index contributed by atoms with van der Waals surface area (Å²) in [5.74, 6) is 0.486. The summed E-state index contributed by atoms with van der Waals surface area (Å²) in [6, 6.07) is 9.35. The van der Waals surface area contributed by atoms with Crippen molar-refractivity contribution in [2.45, 2.75) is 46.5 Å². The summed E-state index contributed by atoms with van der Waals surface area (Å²) in [7, 11) is 0. The summed E-state index contributed by atoms with van der Waals surface area (Å²) in [6.45, 7) is 7.04. The zero-order chi connectivity index (χ0) is 20.8. The standard InChI is InChI=1S/C22H27F2NO3/c1-13(2)18-9-16(5-6-20(18)26)10-19-14(3)7-17(8-15(19)4)28-12-22(27)25-11-21(23)24/h5-9,13,21,26H,10-12H2,1-4H3,(H,25,27). The molecule has 6 heteroatoms. The minimum absolute atomic E-state index is 0.231. The molecule has 0 heterocycles. The number of phenols is 1. The molecule has 0 saturated carbocycles. The van der Waals surface area contributed by atoms with E-state index in [2.05, 4.69) is 5.32 Å². The van der Waals surface area contributed by atoms with Crippen LogP contribution in [0.1, 0.15) is 47.6 Å². The van der Waals surface area contributed by atoms with Gasteiger partial charge in [0.1, 0.15) is 11.5 Å². The topological polar surface area (TPSA) is 58.6 Å². The number of carbonyl (C=O) groups excluding carboxylic acids is 1. The average Bonchev–Trinajstić information content (AvgIpc) is 2.62. The van der Waals surface area contributed by atoms with Gasteiger partial charge in [-0.1, -0.05) is 26.0 Å². The van der Waals surface area contributed by atoms with Gasteiger partial charge in [-0.15, -0.1) is 0 Å². The van der Waals surface area contributed by atoms with Gasteiger partial charge in [0.25, 0.3) is 12.3 Å². The molecule has 4 nitrogen and oxygen atoms in total. The number of ether oxygens (including phenoxy) is 1. The minimum Gasteiger partial charge on any atom is -0.508 e. The van der Waals surface area contributed by atoms with E-state index in [4.69, 9.17) is 4.74 Å². The van der Waals surface area contributed by atoms with Crippen molar-refractivity contribution in [3.05, 3.63) is 58.1 Å². The van der Waals surface area contributed by atoms with E-state index in [-0.39, 0.29) is 12.5 Å². The van der Waals surface area contributed by atoms with Crippen LogP contribution < -0.4 is 10.1 Å². The summed E-state index contributed by atoms with van der Waals surface area (Å²) in [6.07, 6.45) is -1.86. The first-order valence-electron chi connectivity index (χ1n) is 9.27. The lowest BCUT2D eigenvalue weighted by atomic mass is 9.93. The number of benzene rings is 2. The van der Waals surface area contributed by atoms with Gasteiger partial charge in [0.05, 0.1) is 6.54 Å². The number of phenolic OH excluding ortho intramolecular Hbond substituents is 1. The third-order valence-corrected chi connectivity index (χ3v) is 4.59. The van der Waals surface area contributed by atoms with E-state index >= 15 is 0 Å². The van der Waals surface area contributed by atoms with Crippen molar-refractivity contribution in [3.8, 4) is 11.5 Å². The van der Waals surface area contributed by atoms with Crippen LogP contribution in [0.3, 0.4) is 0 Å². The Hall–Kier alpha value is -2.63. The van der Waals surface area contributed by atoms with E-state index < -0.39 is 18.9 Å². The Morgan fingerprint density at radius 2 is 1.79 bits per heavy atom. The van der Waals surface area contributed by atoms with E-state index in [9.17, 15) is 18.7 Å². The number of hydrogen-bond donors (Lipinski definition) is 2. The van der Waals surface area contributed by atoms with E-state index in [0.717, 1.165) is 27.8 Å². The largest absolute Gasteiger partial charge is 0.508 e. The second-order valence-corrected chi connectivity index (χ2v) is 7.24. The highest BCUT2D eigenvalue weighted by molar-refractivity contribution is 5.77. The lowest BCUT2D eigenvalue weighted by Gasteiger charge is -2.15. The molecule has 0 aliphatic carbocycles. The monoisotopic (exact) mass is 391 g/mol. The lowest BCUT2D eigenvalue weighted by molar-refractivity contribution is -0.123. The number of rotatable bonds is 8. The number of aryl methyl sites for hydroxylation is 2. The third-order valence-electron chi connectivity index (χ3n) is 4.59. The van der Waals surface area contributed by atoms with Crippen LogP contribution in [0.25, 0.3) is 0 Å². The van der Waals surface area contributed by atoms with Gasteiger partial charge < -0.3 is 15.2 Å². The number of hydrogen-bond acceptors (Lipinski definition) is 3. The van der Waals surface area contributed by atoms with Crippen molar-refractivity contribution in [2.24, 2.45) is 0 Å². The maximum Gasteiger partial charge on any atom is 0.258 e. The van der Waals surface area contributed by atoms with Crippen LogP contribution in [-0.2, 0) is 11.2 Å². The Kier molecular flexibility index (Phi) is 7.38. The Morgan fingerprint density at radius 1 is 1.14 bits per heavy atom. The van der Waals surface area contributed by atoms with Crippen molar-refractivity contribution < 1.29 is 23.4 Å². The fourth-order valence-electron chi connectivity index (χ4n) is 3.09. The molecule has 0 spiro atoms. The van der Waals surface area contributed by atoms with Crippen molar-refractivity contribution in [3.63, 3.8) is 0 Å². The second-order valence-electron chi connectivity index (χ2n) is 7.24. The molecule has 0 unspecified atom stereocenters. The molecular formula is C22H27F2NO3. The molecule has 0 bridgehead atoms. The number of alkyl halides is 2. The Bertz CT molecular complexity index is 812. The highest BCUT2D eigenvalue weighted by atomic mass is 19.3. The minimum atomic E-state index is -2.58. The molecule has 2 aromatic carbocycles. The molecule has 0 atom stereocenters. The SMILES string of the molecule is Cc1cc(OCC(=O)NCC(F)F)cc(C)c1Cc1ccc(O)c(C(C)C)c1. The van der Waals surface area contributed by atoms with Crippen LogP contribution in [0.5, 0.6) is 11.5 Å². The van der Waals surface area contributed by atoms with Crippen LogP contribution in [-0.4, -0.2) is 30.6 Å². The Labute approximate surface area is 164 Å². The summed E-state index contributed by atoms with van der Waals surface area (Å²) in [5, 5.41) is 12.1. The van der Waals surface area contributed by atoms with Gasteiger partial charge in [0.2, 0.25) is 0 Å². The van der Waals surface area contributed by atoms with Crippen molar-refractivity contribution in [2.75, 3.05) is 13.2 Å². The summed E-state index contributed by atoms with van der Waals surface area (Å²) >= 11 is 0. The number of aromatic hydroxyl groups is 1. The Morgan fingerprint density at radius 3 is 2.36 bits per heavy atom. The highest BCUT2D eigenvalue weighted by Crippen LogP contribution is 2.29. The maximum atomic E-state index is 12.1. The van der Waals surface area contributed by atoms with Crippen LogP contribution in [0.4, 0.5) is 8.78 Å². The fraction of sp³-hybridized carbons (Fsp3) is 0.409. The number of amides is 1. The quantitative estimate of drug-likeness (QED) is 0.697. The van der Waals surface area contributed by atoms with Gasteiger partial charge in [-0.3, -0.25) is 4.79 Å². The molecule has 0 radical (unpaired) electrons. The molecule has 0 aliphatic rings. The van der Waals surface area contributed by atoms with Gasteiger partial charge in [-0.2, -0.15) is 0 Å². The van der Waals surface area contributed by atoms with Crippen LogP contribution in [0, 0.1) is 13.8 Å². The maximum absolute atomic E-state index is 12.1. The molecule has 0 aromatic heterocycles. The zero-order valence-electron chi connectivity index (χ0n) is 16.7. The van der Waals surface area contributed by atoms with Crippen LogP contribution in [0.2, 0.25) is 0 Å². The Balaban J connectivity index is 2.10. The zero-order valence-corrected chi connectivity index (χ0v) is 16.7. The lowest BCUT2D eigenvalue weighted by Crippen LogP contribution is -2.32. The molecule has 28 heavy (non-hydrogen) atoms. The first kappa shape index (κ1) is 21.7. The predicted octanol–water partition coefficient (Wildman–Crippen LogP) is 4.48. The normalized spacial score (nSPS) is 11.1. The molecule has 2 N–H and O–H groups in total. The van der Waals surface area contributed by atoms with E-state index in [0.29, 0.717) is 17.9 Å². The fourth-order valence-corrected chi connectivity index (χ4v) is 3.09. The number of halogens is 2. The van der Waals surface area contributed by atoms with Crippen molar-refractivity contribution in [1.29, 1.82) is 0 Å². The first-order valence-corrected chi connectivity index (χ1v) is 9.27. The first-order chi connectivity index (χ1) is 13.2. The predicted molar refractivity (Wildman–Crippen MR) is 105 cm³/mol. The molecule has 0 fully saturated rings. The third kappa shape index (κ3) is 5.94. The molecule has 0 aliphatic heterocycles. The van der Waals surface area contributed by atoms with E-state index in [1.165, 1.54) is 0 Å². The molecule has 2 aromatic rings. The van der Waals surface area contributed by atoms with Crippen LogP contribution >= 0.6 is 0 Å². The molecule has 152 valence electrons. The van der Waals surface area contributed by atoms with Gasteiger partial charge >= 0.3 is 0 Å².